The summed E-state index contributed by atoms with van der Waals surface area (Å²) in [5, 5.41) is 14.0. The second-order valence-corrected chi connectivity index (χ2v) is 7.20. The van der Waals surface area contributed by atoms with Crippen LogP contribution < -0.4 is 0 Å². The predicted molar refractivity (Wildman–Crippen MR) is 80.0 cm³/mol. The highest BCUT2D eigenvalue weighted by atomic mass is 79.9. The van der Waals surface area contributed by atoms with E-state index in [1.807, 2.05) is 27.8 Å². The highest BCUT2D eigenvalue weighted by Crippen LogP contribution is 2.45. The number of hydrogen-bond donors (Lipinski definition) is 0. The van der Waals surface area contributed by atoms with Crippen LogP contribution in [0.5, 0.6) is 0 Å². The van der Waals surface area contributed by atoms with Gasteiger partial charge in [-0.15, -0.1) is 0 Å². The summed E-state index contributed by atoms with van der Waals surface area (Å²) in [6.07, 6.45) is 2.85. The van der Waals surface area contributed by atoms with Crippen LogP contribution in [-0.2, 0) is 18.3 Å². The molecule has 2 rings (SSSR count). The molecule has 0 amide bonds. The average Bonchev–Trinajstić information content (AvgIpc) is 2.61. The van der Waals surface area contributed by atoms with E-state index in [4.69, 9.17) is 0 Å². The molecule has 0 bridgehead atoms. The van der Waals surface area contributed by atoms with Gasteiger partial charge < -0.3 is 0 Å². The number of rotatable bonds is 2. The Balaban J connectivity index is 2.43. The van der Waals surface area contributed by atoms with Crippen LogP contribution in [0.25, 0.3) is 0 Å². The summed E-state index contributed by atoms with van der Waals surface area (Å²) in [6, 6.07) is 2.32. The largest absolute Gasteiger partial charge is 0.297 e. The minimum Gasteiger partial charge on any atom is -0.297 e. The fourth-order valence-electron chi connectivity index (χ4n) is 3.18. The Bertz CT molecular complexity index is 597. The maximum absolute atomic E-state index is 12.8. The number of carbonyl (C=O) groups is 1. The molecule has 1 aromatic rings. The van der Waals surface area contributed by atoms with Crippen molar-refractivity contribution in [1.82, 2.24) is 9.78 Å². The first-order chi connectivity index (χ1) is 9.23. The van der Waals surface area contributed by atoms with Gasteiger partial charge in [0.15, 0.2) is 5.78 Å². The van der Waals surface area contributed by atoms with Gasteiger partial charge in [0.1, 0.15) is 5.41 Å². The number of halogens is 1. The average molecular weight is 338 g/mol. The zero-order chi connectivity index (χ0) is 15.1. The van der Waals surface area contributed by atoms with Crippen molar-refractivity contribution in [2.75, 3.05) is 0 Å². The Hall–Kier alpha value is -1.15. The van der Waals surface area contributed by atoms with Crippen molar-refractivity contribution in [2.24, 2.45) is 17.9 Å². The summed E-state index contributed by atoms with van der Waals surface area (Å²) < 4.78 is 2.68. The SMILES string of the molecule is Cc1nn(C)c(CC2(C#N)CCCC(C)(C)C2=O)c1Br. The van der Waals surface area contributed by atoms with E-state index in [-0.39, 0.29) is 5.78 Å². The van der Waals surface area contributed by atoms with Crippen molar-refractivity contribution in [3.63, 3.8) is 0 Å². The molecule has 1 atom stereocenters. The van der Waals surface area contributed by atoms with Crippen molar-refractivity contribution in [2.45, 2.75) is 46.5 Å². The van der Waals surface area contributed by atoms with E-state index in [1.54, 1.807) is 4.68 Å². The lowest BCUT2D eigenvalue weighted by atomic mass is 9.61. The minimum absolute atomic E-state index is 0.0736. The van der Waals surface area contributed by atoms with Gasteiger partial charge in [-0.25, -0.2) is 0 Å². The van der Waals surface area contributed by atoms with Crippen LogP contribution in [-0.4, -0.2) is 15.6 Å². The molecule has 5 heteroatoms. The molecule has 1 aromatic heterocycles. The maximum atomic E-state index is 12.8. The molecule has 1 saturated carbocycles. The third-order valence-electron chi connectivity index (χ3n) is 4.40. The quantitative estimate of drug-likeness (QED) is 0.831. The number of nitrogens with zero attached hydrogens (tertiary/aromatic N) is 3. The Morgan fingerprint density at radius 1 is 1.45 bits per heavy atom. The van der Waals surface area contributed by atoms with E-state index >= 15 is 0 Å². The molecule has 0 aliphatic heterocycles. The molecule has 0 saturated heterocycles. The molecule has 1 aliphatic rings. The molecule has 0 radical (unpaired) electrons. The summed E-state index contributed by atoms with van der Waals surface area (Å²) in [7, 11) is 1.86. The summed E-state index contributed by atoms with van der Waals surface area (Å²) in [5.41, 5.74) is 0.492. The Kier molecular flexibility index (Phi) is 3.81. The van der Waals surface area contributed by atoms with Gasteiger partial charge in [-0.1, -0.05) is 20.3 Å². The van der Waals surface area contributed by atoms with Gasteiger partial charge in [0.05, 0.1) is 21.9 Å². The molecule has 4 nitrogen and oxygen atoms in total. The van der Waals surface area contributed by atoms with E-state index in [9.17, 15) is 10.1 Å². The van der Waals surface area contributed by atoms with Gasteiger partial charge in [0.25, 0.3) is 0 Å². The number of carbonyl (C=O) groups excluding carboxylic acids is 1. The molecular formula is C15H20BrN3O. The molecular weight excluding hydrogens is 318 g/mol. The van der Waals surface area contributed by atoms with Gasteiger partial charge in [0.2, 0.25) is 0 Å². The summed E-state index contributed by atoms with van der Waals surface area (Å²) in [4.78, 5) is 12.8. The molecule has 0 N–H and O–H groups in total. The zero-order valence-electron chi connectivity index (χ0n) is 12.5. The second kappa shape index (κ2) is 5.00. The highest BCUT2D eigenvalue weighted by molar-refractivity contribution is 9.10. The standard InChI is InChI=1S/C15H20BrN3O/c1-10-12(16)11(19(4)18-10)8-15(9-17)7-5-6-14(2,3)13(15)20/h5-8H2,1-4H3. The van der Waals surface area contributed by atoms with Gasteiger partial charge in [-0.2, -0.15) is 10.4 Å². The van der Waals surface area contributed by atoms with E-state index in [0.717, 1.165) is 28.7 Å². The summed E-state index contributed by atoms with van der Waals surface area (Å²) in [6.45, 7) is 5.81. The molecule has 1 fully saturated rings. The van der Waals surface area contributed by atoms with Crippen LogP contribution in [0.15, 0.2) is 4.47 Å². The van der Waals surface area contributed by atoms with Gasteiger partial charge in [0, 0.05) is 18.9 Å². The minimum atomic E-state index is -0.912. The number of ketones is 1. The lowest BCUT2D eigenvalue weighted by Crippen LogP contribution is -2.45. The van der Waals surface area contributed by atoms with Crippen molar-refractivity contribution in [3.05, 3.63) is 15.9 Å². The molecule has 1 unspecified atom stereocenters. The van der Waals surface area contributed by atoms with Crippen LogP contribution in [0, 0.1) is 29.1 Å². The Morgan fingerprint density at radius 2 is 2.10 bits per heavy atom. The van der Waals surface area contributed by atoms with E-state index in [0.29, 0.717) is 12.8 Å². The van der Waals surface area contributed by atoms with Crippen molar-refractivity contribution >= 4 is 21.7 Å². The maximum Gasteiger partial charge on any atom is 0.159 e. The lowest BCUT2D eigenvalue weighted by molar-refractivity contribution is -0.138. The number of aryl methyl sites for hydroxylation is 2. The molecule has 1 aliphatic carbocycles. The van der Waals surface area contributed by atoms with E-state index in [1.165, 1.54) is 0 Å². The second-order valence-electron chi connectivity index (χ2n) is 6.41. The zero-order valence-corrected chi connectivity index (χ0v) is 14.0. The van der Waals surface area contributed by atoms with Crippen LogP contribution in [0.2, 0.25) is 0 Å². The molecule has 1 heterocycles. The first-order valence-corrected chi connectivity index (χ1v) is 7.67. The fourth-order valence-corrected chi connectivity index (χ4v) is 3.66. The Morgan fingerprint density at radius 3 is 2.60 bits per heavy atom. The molecule has 20 heavy (non-hydrogen) atoms. The van der Waals surface area contributed by atoms with Crippen molar-refractivity contribution < 1.29 is 4.79 Å². The summed E-state index contributed by atoms with van der Waals surface area (Å²) >= 11 is 3.53. The third-order valence-corrected chi connectivity index (χ3v) is 5.43. The number of aromatic nitrogens is 2. The molecule has 0 aromatic carbocycles. The van der Waals surface area contributed by atoms with Crippen molar-refractivity contribution in [3.8, 4) is 6.07 Å². The van der Waals surface area contributed by atoms with E-state index in [2.05, 4.69) is 27.1 Å². The lowest BCUT2D eigenvalue weighted by Gasteiger charge is -2.39. The van der Waals surface area contributed by atoms with Crippen LogP contribution >= 0.6 is 15.9 Å². The molecule has 108 valence electrons. The normalized spacial score (nSPS) is 25.5. The number of Topliss-reactive ketones (excluding diaryl/α,β-unsaturated/α-hetero) is 1. The first kappa shape index (κ1) is 15.2. The molecule has 0 spiro atoms. The van der Waals surface area contributed by atoms with Crippen LogP contribution in [0.1, 0.15) is 44.5 Å². The highest BCUT2D eigenvalue weighted by Gasteiger charge is 2.49. The predicted octanol–water partition coefficient (Wildman–Crippen LogP) is 3.32. The van der Waals surface area contributed by atoms with Gasteiger partial charge in [-0.05, 0) is 35.7 Å². The van der Waals surface area contributed by atoms with Crippen LogP contribution in [0.4, 0.5) is 0 Å². The van der Waals surface area contributed by atoms with Gasteiger partial charge >= 0.3 is 0 Å². The summed E-state index contributed by atoms with van der Waals surface area (Å²) in [5.74, 6) is 0.0736. The van der Waals surface area contributed by atoms with Crippen LogP contribution in [0.3, 0.4) is 0 Å². The fraction of sp³-hybridized carbons (Fsp3) is 0.667. The monoisotopic (exact) mass is 337 g/mol. The van der Waals surface area contributed by atoms with Crippen molar-refractivity contribution in [1.29, 1.82) is 5.26 Å². The third kappa shape index (κ3) is 2.31. The number of nitriles is 1. The smallest absolute Gasteiger partial charge is 0.159 e. The topological polar surface area (TPSA) is 58.7 Å². The van der Waals surface area contributed by atoms with E-state index < -0.39 is 10.8 Å². The number of hydrogen-bond acceptors (Lipinski definition) is 3. The van der Waals surface area contributed by atoms with Gasteiger partial charge in [-0.3, -0.25) is 9.48 Å². The first-order valence-electron chi connectivity index (χ1n) is 6.88. The Labute approximate surface area is 128 Å².